The van der Waals surface area contributed by atoms with Crippen molar-refractivity contribution in [3.05, 3.63) is 12.2 Å². The highest BCUT2D eigenvalue weighted by atomic mass is 16.2. The van der Waals surface area contributed by atoms with Gasteiger partial charge in [-0.3, -0.25) is 0 Å². The number of hydrogen-bond acceptors (Lipinski definition) is 1. The maximum absolute atomic E-state index is 8.54. The predicted octanol–water partition coefficient (Wildman–Crippen LogP) is 1.97. The van der Waals surface area contributed by atoms with E-state index in [0.717, 1.165) is 12.0 Å². The Morgan fingerprint density at radius 2 is 1.89 bits per heavy atom. The van der Waals surface area contributed by atoms with Crippen LogP contribution >= 0.6 is 0 Å². The molecule has 0 saturated carbocycles. The second-order valence-corrected chi connectivity index (χ2v) is 3.33. The normalized spacial score (nSPS) is 11.6. The monoisotopic (exact) mass is 128 g/mol. The Balaban J connectivity index is 3.74. The minimum Gasteiger partial charge on any atom is -0.396 e. The summed E-state index contributed by atoms with van der Waals surface area (Å²) in [7, 11) is 0. The van der Waals surface area contributed by atoms with Crippen LogP contribution in [0.1, 0.15) is 27.2 Å². The van der Waals surface area contributed by atoms with Gasteiger partial charge in [0.1, 0.15) is 0 Å². The predicted molar refractivity (Wildman–Crippen MR) is 40.3 cm³/mol. The fourth-order valence-electron chi connectivity index (χ4n) is 0.510. The van der Waals surface area contributed by atoms with Crippen LogP contribution in [0.3, 0.4) is 0 Å². The van der Waals surface area contributed by atoms with Gasteiger partial charge < -0.3 is 5.11 Å². The molecular weight excluding hydrogens is 112 g/mol. The van der Waals surface area contributed by atoms with Crippen LogP contribution in [0.4, 0.5) is 0 Å². The van der Waals surface area contributed by atoms with Crippen LogP contribution in [-0.4, -0.2) is 11.7 Å². The lowest BCUT2D eigenvalue weighted by Gasteiger charge is -2.20. The Labute approximate surface area is 57.4 Å². The SMILES string of the molecule is C=C(CCO)C(C)(C)C. The summed E-state index contributed by atoms with van der Waals surface area (Å²) in [4.78, 5) is 0. The molecule has 0 aliphatic rings. The molecule has 0 radical (unpaired) electrons. The van der Waals surface area contributed by atoms with E-state index in [0.29, 0.717) is 0 Å². The van der Waals surface area contributed by atoms with Gasteiger partial charge in [0.2, 0.25) is 0 Å². The van der Waals surface area contributed by atoms with Gasteiger partial charge in [0.25, 0.3) is 0 Å². The largest absolute Gasteiger partial charge is 0.396 e. The zero-order valence-corrected chi connectivity index (χ0v) is 6.57. The Kier molecular flexibility index (Phi) is 2.92. The van der Waals surface area contributed by atoms with Gasteiger partial charge in [-0.25, -0.2) is 0 Å². The second-order valence-electron chi connectivity index (χ2n) is 3.33. The zero-order valence-electron chi connectivity index (χ0n) is 6.57. The fraction of sp³-hybridized carbons (Fsp3) is 0.750. The summed E-state index contributed by atoms with van der Waals surface area (Å²) < 4.78 is 0. The highest BCUT2D eigenvalue weighted by molar-refractivity contribution is 5.04. The molecule has 0 aliphatic carbocycles. The molecule has 0 heterocycles. The van der Waals surface area contributed by atoms with E-state index in [2.05, 4.69) is 27.4 Å². The van der Waals surface area contributed by atoms with E-state index >= 15 is 0 Å². The van der Waals surface area contributed by atoms with Crippen molar-refractivity contribution in [3.8, 4) is 0 Å². The number of aliphatic hydroxyl groups is 1. The summed E-state index contributed by atoms with van der Waals surface area (Å²) in [5.74, 6) is 0. The van der Waals surface area contributed by atoms with Gasteiger partial charge in [-0.1, -0.05) is 32.9 Å². The van der Waals surface area contributed by atoms with Gasteiger partial charge in [-0.15, -0.1) is 0 Å². The summed E-state index contributed by atoms with van der Waals surface area (Å²) in [6, 6.07) is 0. The van der Waals surface area contributed by atoms with Crippen LogP contribution < -0.4 is 0 Å². The van der Waals surface area contributed by atoms with Crippen LogP contribution in [0.15, 0.2) is 12.2 Å². The van der Waals surface area contributed by atoms with Gasteiger partial charge in [0, 0.05) is 6.61 Å². The smallest absolute Gasteiger partial charge is 0.0468 e. The van der Waals surface area contributed by atoms with E-state index in [1.165, 1.54) is 0 Å². The first-order chi connectivity index (χ1) is 3.98. The van der Waals surface area contributed by atoms with Gasteiger partial charge in [0.15, 0.2) is 0 Å². The fourth-order valence-corrected chi connectivity index (χ4v) is 0.510. The molecule has 9 heavy (non-hydrogen) atoms. The topological polar surface area (TPSA) is 20.2 Å². The van der Waals surface area contributed by atoms with Crippen molar-refractivity contribution in [1.29, 1.82) is 0 Å². The molecule has 0 aromatic carbocycles. The van der Waals surface area contributed by atoms with E-state index in [1.54, 1.807) is 0 Å². The molecule has 0 atom stereocenters. The van der Waals surface area contributed by atoms with Crippen LogP contribution in [-0.2, 0) is 0 Å². The molecule has 0 rings (SSSR count). The lowest BCUT2D eigenvalue weighted by molar-refractivity contribution is 0.288. The molecule has 1 nitrogen and oxygen atoms in total. The Morgan fingerprint density at radius 1 is 1.44 bits per heavy atom. The maximum atomic E-state index is 8.54. The summed E-state index contributed by atoms with van der Waals surface area (Å²) in [5, 5.41) is 8.54. The first-order valence-corrected chi connectivity index (χ1v) is 3.27. The van der Waals surface area contributed by atoms with Crippen molar-refractivity contribution < 1.29 is 5.11 Å². The minimum absolute atomic E-state index is 0.155. The molecule has 0 spiro atoms. The Hall–Kier alpha value is -0.300. The number of hydrogen-bond donors (Lipinski definition) is 1. The third kappa shape index (κ3) is 3.31. The standard InChI is InChI=1S/C8H16O/c1-7(5-6-9)8(2,3)4/h9H,1,5-6H2,2-4H3. The molecule has 1 N–H and O–H groups in total. The summed E-state index contributed by atoms with van der Waals surface area (Å²) >= 11 is 0. The van der Waals surface area contributed by atoms with Crippen molar-refractivity contribution in [2.75, 3.05) is 6.61 Å². The van der Waals surface area contributed by atoms with E-state index in [9.17, 15) is 0 Å². The van der Waals surface area contributed by atoms with Gasteiger partial charge in [0.05, 0.1) is 0 Å². The van der Waals surface area contributed by atoms with Crippen molar-refractivity contribution in [2.45, 2.75) is 27.2 Å². The van der Waals surface area contributed by atoms with Gasteiger partial charge >= 0.3 is 0 Å². The van der Waals surface area contributed by atoms with Crippen LogP contribution in [0.2, 0.25) is 0 Å². The summed E-state index contributed by atoms with van der Waals surface area (Å²) in [6.45, 7) is 10.4. The molecule has 0 aromatic heterocycles. The van der Waals surface area contributed by atoms with Crippen LogP contribution in [0.25, 0.3) is 0 Å². The van der Waals surface area contributed by atoms with E-state index in [4.69, 9.17) is 5.11 Å². The molecule has 1 heteroatoms. The third-order valence-electron chi connectivity index (χ3n) is 1.47. The quantitative estimate of drug-likeness (QED) is 0.564. The third-order valence-corrected chi connectivity index (χ3v) is 1.47. The molecule has 0 fully saturated rings. The highest BCUT2D eigenvalue weighted by Gasteiger charge is 2.13. The van der Waals surface area contributed by atoms with Gasteiger partial charge in [-0.2, -0.15) is 0 Å². The van der Waals surface area contributed by atoms with Crippen molar-refractivity contribution >= 4 is 0 Å². The second kappa shape index (κ2) is 3.02. The average molecular weight is 128 g/mol. The summed E-state index contributed by atoms with van der Waals surface area (Å²) in [5.41, 5.74) is 1.27. The van der Waals surface area contributed by atoms with E-state index in [1.807, 2.05) is 0 Å². The van der Waals surface area contributed by atoms with Crippen molar-refractivity contribution in [1.82, 2.24) is 0 Å². The van der Waals surface area contributed by atoms with Gasteiger partial charge in [-0.05, 0) is 11.8 Å². The Morgan fingerprint density at radius 3 is 2.00 bits per heavy atom. The molecule has 0 bridgehead atoms. The number of aliphatic hydroxyl groups excluding tert-OH is 1. The van der Waals surface area contributed by atoms with Crippen LogP contribution in [0, 0.1) is 5.41 Å². The molecule has 0 unspecified atom stereocenters. The first-order valence-electron chi connectivity index (χ1n) is 3.27. The van der Waals surface area contributed by atoms with E-state index < -0.39 is 0 Å². The lowest BCUT2D eigenvalue weighted by atomic mass is 9.86. The molecule has 0 saturated heterocycles. The molecule has 0 aromatic rings. The minimum atomic E-state index is 0.155. The average Bonchev–Trinajstić information content (AvgIpc) is 1.64. The van der Waals surface area contributed by atoms with E-state index in [-0.39, 0.29) is 12.0 Å². The lowest BCUT2D eigenvalue weighted by Crippen LogP contribution is -2.09. The molecule has 0 amide bonds. The molecule has 0 aliphatic heterocycles. The number of rotatable bonds is 2. The summed E-state index contributed by atoms with van der Waals surface area (Å²) in [6.07, 6.45) is 0.726. The molecular formula is C8H16O. The first kappa shape index (κ1) is 8.70. The molecule has 54 valence electrons. The highest BCUT2D eigenvalue weighted by Crippen LogP contribution is 2.25. The maximum Gasteiger partial charge on any atom is 0.0468 e. The van der Waals surface area contributed by atoms with Crippen LogP contribution in [0.5, 0.6) is 0 Å². The Bertz CT molecular complexity index is 97.6. The van der Waals surface area contributed by atoms with Crippen molar-refractivity contribution in [2.24, 2.45) is 5.41 Å². The zero-order chi connectivity index (χ0) is 7.49. The van der Waals surface area contributed by atoms with Crippen molar-refractivity contribution in [3.63, 3.8) is 0 Å².